The lowest BCUT2D eigenvalue weighted by molar-refractivity contribution is -0.173. The Morgan fingerprint density at radius 1 is 1.58 bits per heavy atom. The molecule has 3 nitrogen and oxygen atoms in total. The van der Waals surface area contributed by atoms with Gasteiger partial charge in [-0.15, -0.1) is 11.8 Å². The molecule has 1 saturated heterocycles. The van der Waals surface area contributed by atoms with Crippen molar-refractivity contribution in [2.24, 2.45) is 0 Å². The SMILES string of the molecule is O=C(N[C@H]1CNCS1)C(F)(F)F. The first-order valence-electron chi connectivity index (χ1n) is 3.20. The molecular weight excluding hydrogens is 193 g/mol. The summed E-state index contributed by atoms with van der Waals surface area (Å²) in [5.74, 6) is -1.30. The fourth-order valence-corrected chi connectivity index (χ4v) is 1.59. The van der Waals surface area contributed by atoms with Gasteiger partial charge in [0.2, 0.25) is 0 Å². The van der Waals surface area contributed by atoms with Crippen LogP contribution in [-0.2, 0) is 4.79 Å². The fraction of sp³-hybridized carbons (Fsp3) is 0.800. The summed E-state index contributed by atoms with van der Waals surface area (Å²) in [7, 11) is 0. The van der Waals surface area contributed by atoms with Crippen molar-refractivity contribution in [3.63, 3.8) is 0 Å². The zero-order valence-electron chi connectivity index (χ0n) is 5.94. The summed E-state index contributed by atoms with van der Waals surface area (Å²) in [5.41, 5.74) is 0. The van der Waals surface area contributed by atoms with Gasteiger partial charge in [-0.05, 0) is 0 Å². The van der Waals surface area contributed by atoms with Gasteiger partial charge >= 0.3 is 12.1 Å². The molecule has 0 saturated carbocycles. The third kappa shape index (κ3) is 2.56. The van der Waals surface area contributed by atoms with E-state index < -0.39 is 17.5 Å². The summed E-state index contributed by atoms with van der Waals surface area (Å²) in [6.45, 7) is 0.381. The Morgan fingerprint density at radius 2 is 2.25 bits per heavy atom. The normalized spacial score (nSPS) is 24.1. The Labute approximate surface area is 71.1 Å². The molecule has 1 atom stereocenters. The smallest absolute Gasteiger partial charge is 0.335 e. The van der Waals surface area contributed by atoms with Crippen LogP contribution in [0.15, 0.2) is 0 Å². The molecule has 1 fully saturated rings. The molecular formula is C5H7F3N2OS. The number of carbonyl (C=O) groups excluding carboxylic acids is 1. The average molecular weight is 200 g/mol. The standard InChI is InChI=1S/C5H7F3N2OS/c6-5(7,8)4(11)10-3-1-9-2-12-3/h3,9H,1-2H2,(H,10,11)/t3-/m1/s1. The van der Waals surface area contributed by atoms with Gasteiger partial charge in [0.25, 0.3) is 0 Å². The average Bonchev–Trinajstić information content (AvgIpc) is 2.37. The van der Waals surface area contributed by atoms with Crippen LogP contribution < -0.4 is 10.6 Å². The maximum Gasteiger partial charge on any atom is 0.471 e. The zero-order valence-corrected chi connectivity index (χ0v) is 6.76. The molecule has 0 spiro atoms. The van der Waals surface area contributed by atoms with Crippen LogP contribution in [0.1, 0.15) is 0 Å². The van der Waals surface area contributed by atoms with Gasteiger partial charge in [-0.2, -0.15) is 13.2 Å². The Bertz CT molecular complexity index is 178. The van der Waals surface area contributed by atoms with Gasteiger partial charge in [-0.3, -0.25) is 4.79 Å². The molecule has 1 heterocycles. The van der Waals surface area contributed by atoms with Crippen molar-refractivity contribution in [1.82, 2.24) is 10.6 Å². The van der Waals surface area contributed by atoms with E-state index in [4.69, 9.17) is 0 Å². The van der Waals surface area contributed by atoms with Crippen molar-refractivity contribution < 1.29 is 18.0 Å². The van der Waals surface area contributed by atoms with E-state index in [-0.39, 0.29) is 0 Å². The minimum absolute atomic E-state index is 0.381. The van der Waals surface area contributed by atoms with E-state index in [1.807, 2.05) is 5.32 Å². The van der Waals surface area contributed by atoms with Gasteiger partial charge in [0, 0.05) is 12.4 Å². The van der Waals surface area contributed by atoms with Crippen molar-refractivity contribution in [2.75, 3.05) is 12.4 Å². The number of rotatable bonds is 1. The van der Waals surface area contributed by atoms with E-state index >= 15 is 0 Å². The zero-order chi connectivity index (χ0) is 9.19. The Hall–Kier alpha value is -0.430. The summed E-state index contributed by atoms with van der Waals surface area (Å²) in [5, 5.41) is 4.21. The maximum atomic E-state index is 11.7. The number of carbonyl (C=O) groups is 1. The first-order chi connectivity index (χ1) is 5.50. The van der Waals surface area contributed by atoms with Gasteiger partial charge < -0.3 is 10.6 Å². The van der Waals surface area contributed by atoms with Gasteiger partial charge in [0.05, 0.1) is 5.37 Å². The Kier molecular flexibility index (Phi) is 2.84. The second-order valence-electron chi connectivity index (χ2n) is 2.22. The topological polar surface area (TPSA) is 41.1 Å². The molecule has 1 rings (SSSR count). The molecule has 0 aromatic carbocycles. The molecule has 7 heteroatoms. The van der Waals surface area contributed by atoms with Crippen LogP contribution in [0.3, 0.4) is 0 Å². The van der Waals surface area contributed by atoms with Crippen LogP contribution >= 0.6 is 11.8 Å². The van der Waals surface area contributed by atoms with Crippen LogP contribution in [-0.4, -0.2) is 29.9 Å². The predicted octanol–water partition coefficient (Wildman–Crippen LogP) is 0.285. The van der Waals surface area contributed by atoms with Crippen molar-refractivity contribution in [1.29, 1.82) is 0 Å². The summed E-state index contributed by atoms with van der Waals surface area (Å²) in [4.78, 5) is 10.3. The summed E-state index contributed by atoms with van der Waals surface area (Å²) >= 11 is 1.24. The van der Waals surface area contributed by atoms with Crippen molar-refractivity contribution in [2.45, 2.75) is 11.6 Å². The summed E-state index contributed by atoms with van der Waals surface area (Å²) < 4.78 is 35.0. The third-order valence-corrected chi connectivity index (χ3v) is 2.32. The largest absolute Gasteiger partial charge is 0.471 e. The van der Waals surface area contributed by atoms with E-state index in [0.717, 1.165) is 0 Å². The molecule has 1 amide bonds. The lowest BCUT2D eigenvalue weighted by atomic mass is 10.5. The second-order valence-corrected chi connectivity index (χ2v) is 3.42. The van der Waals surface area contributed by atoms with Crippen LogP contribution in [0.2, 0.25) is 0 Å². The van der Waals surface area contributed by atoms with Crippen LogP contribution in [0.5, 0.6) is 0 Å². The highest BCUT2D eigenvalue weighted by atomic mass is 32.2. The molecule has 70 valence electrons. The number of hydrogen-bond donors (Lipinski definition) is 2. The van der Waals surface area contributed by atoms with Gasteiger partial charge in [-0.25, -0.2) is 0 Å². The quantitative estimate of drug-likeness (QED) is 0.639. The highest BCUT2D eigenvalue weighted by Gasteiger charge is 2.40. The van der Waals surface area contributed by atoms with Gasteiger partial charge in [-0.1, -0.05) is 0 Å². The van der Waals surface area contributed by atoms with Crippen LogP contribution in [0, 0.1) is 0 Å². The fourth-order valence-electron chi connectivity index (χ4n) is 0.729. The highest BCUT2D eigenvalue weighted by molar-refractivity contribution is 8.00. The van der Waals surface area contributed by atoms with Gasteiger partial charge in [0.15, 0.2) is 0 Å². The molecule has 1 aliphatic heterocycles. The number of nitrogens with one attached hydrogen (secondary N) is 2. The van der Waals surface area contributed by atoms with Crippen LogP contribution in [0.4, 0.5) is 13.2 Å². The van der Waals surface area contributed by atoms with E-state index in [9.17, 15) is 18.0 Å². The first-order valence-corrected chi connectivity index (χ1v) is 4.25. The van der Waals surface area contributed by atoms with E-state index in [0.29, 0.717) is 12.4 Å². The second kappa shape index (κ2) is 3.53. The Morgan fingerprint density at radius 3 is 2.67 bits per heavy atom. The lowest BCUT2D eigenvalue weighted by Gasteiger charge is -2.11. The first kappa shape index (κ1) is 9.66. The minimum atomic E-state index is -4.77. The molecule has 0 bridgehead atoms. The molecule has 1 aliphatic rings. The molecule has 12 heavy (non-hydrogen) atoms. The molecule has 0 radical (unpaired) electrons. The minimum Gasteiger partial charge on any atom is -0.335 e. The number of halogens is 3. The van der Waals surface area contributed by atoms with E-state index in [2.05, 4.69) is 5.32 Å². The van der Waals surface area contributed by atoms with Crippen molar-refractivity contribution >= 4 is 17.7 Å². The van der Waals surface area contributed by atoms with Crippen molar-refractivity contribution in [3.8, 4) is 0 Å². The maximum absolute atomic E-state index is 11.7. The monoisotopic (exact) mass is 200 g/mol. The Balaban J connectivity index is 2.35. The molecule has 0 aliphatic carbocycles. The molecule has 2 N–H and O–H groups in total. The van der Waals surface area contributed by atoms with Gasteiger partial charge in [0.1, 0.15) is 0 Å². The molecule has 0 aromatic heterocycles. The number of hydrogen-bond acceptors (Lipinski definition) is 3. The van der Waals surface area contributed by atoms with E-state index in [1.165, 1.54) is 11.8 Å². The van der Waals surface area contributed by atoms with Crippen molar-refractivity contribution in [3.05, 3.63) is 0 Å². The number of amides is 1. The third-order valence-electron chi connectivity index (χ3n) is 1.27. The number of alkyl halides is 3. The summed E-state index contributed by atoms with van der Waals surface area (Å²) in [6.07, 6.45) is -4.77. The van der Waals surface area contributed by atoms with E-state index in [1.54, 1.807) is 0 Å². The highest BCUT2D eigenvalue weighted by Crippen LogP contribution is 2.17. The van der Waals surface area contributed by atoms with Crippen LogP contribution in [0.25, 0.3) is 0 Å². The molecule has 0 aromatic rings. The number of thioether (sulfide) groups is 1. The summed E-state index contributed by atoms with van der Waals surface area (Å²) in [6, 6.07) is 0. The molecule has 0 unspecified atom stereocenters. The lowest BCUT2D eigenvalue weighted by Crippen LogP contribution is -2.42. The predicted molar refractivity (Wildman–Crippen MR) is 38.4 cm³/mol.